The molecule has 4 nitrogen and oxygen atoms in total. The maximum absolute atomic E-state index is 4.69. The van der Waals surface area contributed by atoms with E-state index in [4.69, 9.17) is 4.99 Å². The predicted octanol–water partition coefficient (Wildman–Crippen LogP) is 3.40. The van der Waals surface area contributed by atoms with Crippen molar-refractivity contribution in [1.82, 2.24) is 15.5 Å². The highest BCUT2D eigenvalue weighted by atomic mass is 127. The van der Waals surface area contributed by atoms with Gasteiger partial charge < -0.3 is 15.5 Å². The van der Waals surface area contributed by atoms with E-state index in [0.717, 1.165) is 31.5 Å². The number of guanidine groups is 1. The van der Waals surface area contributed by atoms with Crippen molar-refractivity contribution in [2.45, 2.75) is 39.7 Å². The molecule has 1 aliphatic heterocycles. The maximum atomic E-state index is 4.69. The van der Waals surface area contributed by atoms with Gasteiger partial charge in [-0.2, -0.15) is 0 Å². The van der Waals surface area contributed by atoms with Crippen molar-refractivity contribution in [3.8, 4) is 0 Å². The zero-order chi connectivity index (χ0) is 16.5. The number of aryl methyl sites for hydroxylation is 1. The number of piperidine rings is 1. The van der Waals surface area contributed by atoms with E-state index in [1.807, 2.05) is 0 Å². The number of rotatable bonds is 6. The van der Waals surface area contributed by atoms with Crippen LogP contribution in [0.2, 0.25) is 0 Å². The van der Waals surface area contributed by atoms with Gasteiger partial charge in [0.15, 0.2) is 5.96 Å². The Morgan fingerprint density at radius 3 is 2.46 bits per heavy atom. The second-order valence-corrected chi connectivity index (χ2v) is 6.64. The van der Waals surface area contributed by atoms with E-state index in [2.05, 4.69) is 60.7 Å². The fraction of sp³-hybridized carbons (Fsp3) is 0.632. The summed E-state index contributed by atoms with van der Waals surface area (Å²) >= 11 is 0. The smallest absolute Gasteiger partial charge is 0.191 e. The summed E-state index contributed by atoms with van der Waals surface area (Å²) in [6.07, 6.45) is 3.90. The summed E-state index contributed by atoms with van der Waals surface area (Å²) < 4.78 is 0. The van der Waals surface area contributed by atoms with Gasteiger partial charge in [-0.3, -0.25) is 0 Å². The summed E-state index contributed by atoms with van der Waals surface area (Å²) in [4.78, 5) is 7.12. The first kappa shape index (κ1) is 21.2. The first-order chi connectivity index (χ1) is 11.2. The van der Waals surface area contributed by atoms with Crippen molar-refractivity contribution in [3.05, 3.63) is 35.4 Å². The fourth-order valence-corrected chi connectivity index (χ4v) is 2.95. The zero-order valence-electron chi connectivity index (χ0n) is 15.3. The molecule has 1 aliphatic rings. The molecule has 0 aromatic heterocycles. The van der Waals surface area contributed by atoms with Crippen molar-refractivity contribution < 1.29 is 0 Å². The third-order valence-electron chi connectivity index (χ3n) is 4.57. The average Bonchev–Trinajstić information content (AvgIpc) is 2.56. The normalized spacial score (nSPS) is 16.5. The molecule has 0 saturated carbocycles. The minimum Gasteiger partial charge on any atom is -0.357 e. The maximum Gasteiger partial charge on any atom is 0.191 e. The molecule has 5 heteroatoms. The van der Waals surface area contributed by atoms with Crippen molar-refractivity contribution in [2.24, 2.45) is 10.9 Å². The molecule has 136 valence electrons. The molecule has 1 aromatic rings. The number of nitrogens with one attached hydrogen (secondary N) is 2. The van der Waals surface area contributed by atoms with Crippen molar-refractivity contribution in [1.29, 1.82) is 0 Å². The molecule has 2 rings (SSSR count). The number of halogens is 1. The van der Waals surface area contributed by atoms with Gasteiger partial charge >= 0.3 is 0 Å². The van der Waals surface area contributed by atoms with Crippen LogP contribution in [-0.2, 0) is 6.54 Å². The largest absolute Gasteiger partial charge is 0.357 e. The van der Waals surface area contributed by atoms with E-state index >= 15 is 0 Å². The monoisotopic (exact) mass is 444 g/mol. The highest BCUT2D eigenvalue weighted by Gasteiger charge is 2.16. The van der Waals surface area contributed by atoms with Gasteiger partial charge in [-0.25, -0.2) is 4.99 Å². The first-order valence-corrected chi connectivity index (χ1v) is 8.93. The Morgan fingerprint density at radius 1 is 1.17 bits per heavy atom. The van der Waals surface area contributed by atoms with Gasteiger partial charge in [0.05, 0.1) is 6.54 Å². The minimum atomic E-state index is 0. The minimum absolute atomic E-state index is 0. The summed E-state index contributed by atoms with van der Waals surface area (Å²) in [6, 6.07) is 8.60. The Labute approximate surface area is 164 Å². The van der Waals surface area contributed by atoms with Crippen LogP contribution in [0.25, 0.3) is 0 Å². The molecule has 0 spiro atoms. The lowest BCUT2D eigenvalue weighted by atomic mass is 9.94. The number of hydrogen-bond acceptors (Lipinski definition) is 2. The van der Waals surface area contributed by atoms with E-state index in [9.17, 15) is 0 Å². The van der Waals surface area contributed by atoms with E-state index in [1.54, 1.807) is 0 Å². The third kappa shape index (κ3) is 7.83. The number of nitrogens with zero attached hydrogens (tertiary/aromatic N) is 2. The highest BCUT2D eigenvalue weighted by Crippen LogP contribution is 2.18. The standard InChI is InChI=1S/C19H32N4.HI/c1-4-20-19(22-15-18-7-5-16(2)6-8-18)21-12-9-17-10-13-23(3)14-11-17;/h5-8,17H,4,9-15H2,1-3H3,(H2,20,21,22);1H. The van der Waals surface area contributed by atoms with Crippen molar-refractivity contribution in [2.75, 3.05) is 33.2 Å². The first-order valence-electron chi connectivity index (χ1n) is 8.93. The van der Waals surface area contributed by atoms with Gasteiger partial charge in [-0.15, -0.1) is 24.0 Å². The van der Waals surface area contributed by atoms with Gasteiger partial charge in [0.1, 0.15) is 0 Å². The fourth-order valence-electron chi connectivity index (χ4n) is 2.95. The van der Waals surface area contributed by atoms with Crippen molar-refractivity contribution in [3.63, 3.8) is 0 Å². The topological polar surface area (TPSA) is 39.7 Å². The molecule has 0 aliphatic carbocycles. The lowest BCUT2D eigenvalue weighted by Gasteiger charge is -2.29. The van der Waals surface area contributed by atoms with Gasteiger partial charge in [-0.05, 0) is 64.7 Å². The molecule has 1 saturated heterocycles. The SMILES string of the molecule is CCNC(=NCc1ccc(C)cc1)NCCC1CCN(C)CC1.I. The zero-order valence-corrected chi connectivity index (χ0v) is 17.7. The molecule has 1 heterocycles. The number of aliphatic imine (C=N–C) groups is 1. The molecule has 1 aromatic carbocycles. The lowest BCUT2D eigenvalue weighted by Crippen LogP contribution is -2.39. The molecule has 0 unspecified atom stereocenters. The Hall–Kier alpha value is -0.820. The summed E-state index contributed by atoms with van der Waals surface area (Å²) in [5.74, 6) is 1.79. The van der Waals surface area contributed by atoms with Gasteiger partial charge in [-0.1, -0.05) is 29.8 Å². The third-order valence-corrected chi connectivity index (χ3v) is 4.57. The van der Waals surface area contributed by atoms with Crippen LogP contribution in [0, 0.1) is 12.8 Å². The summed E-state index contributed by atoms with van der Waals surface area (Å²) in [6.45, 7) is 9.34. The molecule has 0 amide bonds. The average molecular weight is 444 g/mol. The Bertz CT molecular complexity index is 479. The van der Waals surface area contributed by atoms with E-state index in [1.165, 1.54) is 43.5 Å². The number of hydrogen-bond donors (Lipinski definition) is 2. The molecule has 1 fully saturated rings. The molecule has 2 N–H and O–H groups in total. The van der Waals surface area contributed by atoms with Crippen LogP contribution >= 0.6 is 24.0 Å². The molecule has 0 atom stereocenters. The van der Waals surface area contributed by atoms with Gasteiger partial charge in [0.2, 0.25) is 0 Å². The van der Waals surface area contributed by atoms with Crippen LogP contribution < -0.4 is 10.6 Å². The van der Waals surface area contributed by atoms with Crippen molar-refractivity contribution >= 4 is 29.9 Å². The quantitative estimate of drug-likeness (QED) is 0.402. The highest BCUT2D eigenvalue weighted by molar-refractivity contribution is 14.0. The molecule has 0 bridgehead atoms. The predicted molar refractivity (Wildman–Crippen MR) is 114 cm³/mol. The lowest BCUT2D eigenvalue weighted by molar-refractivity contribution is 0.213. The second-order valence-electron chi connectivity index (χ2n) is 6.64. The van der Waals surface area contributed by atoms with Gasteiger partial charge in [0.25, 0.3) is 0 Å². The summed E-state index contributed by atoms with van der Waals surface area (Å²) in [5.41, 5.74) is 2.55. The van der Waals surface area contributed by atoms with Crippen LogP contribution in [0.3, 0.4) is 0 Å². The van der Waals surface area contributed by atoms with Crippen LogP contribution in [-0.4, -0.2) is 44.1 Å². The number of likely N-dealkylation sites (tertiary alicyclic amines) is 1. The van der Waals surface area contributed by atoms with Gasteiger partial charge in [0, 0.05) is 13.1 Å². The second kappa shape index (κ2) is 11.7. The number of benzene rings is 1. The Morgan fingerprint density at radius 2 is 1.83 bits per heavy atom. The molecular weight excluding hydrogens is 411 g/mol. The van der Waals surface area contributed by atoms with Crippen LogP contribution in [0.4, 0.5) is 0 Å². The summed E-state index contributed by atoms with van der Waals surface area (Å²) in [7, 11) is 2.22. The van der Waals surface area contributed by atoms with Crippen LogP contribution in [0.15, 0.2) is 29.3 Å². The molecule has 0 radical (unpaired) electrons. The van der Waals surface area contributed by atoms with Crippen LogP contribution in [0.1, 0.15) is 37.3 Å². The van der Waals surface area contributed by atoms with E-state index in [0.29, 0.717) is 0 Å². The summed E-state index contributed by atoms with van der Waals surface area (Å²) in [5, 5.41) is 6.83. The molecule has 24 heavy (non-hydrogen) atoms. The van der Waals surface area contributed by atoms with Crippen LogP contribution in [0.5, 0.6) is 0 Å². The Balaban J connectivity index is 0.00000288. The van der Waals surface area contributed by atoms with E-state index in [-0.39, 0.29) is 24.0 Å². The Kier molecular flexibility index (Phi) is 10.3. The molecular formula is C19H33IN4. The van der Waals surface area contributed by atoms with E-state index < -0.39 is 0 Å².